The van der Waals surface area contributed by atoms with Gasteiger partial charge in [-0.1, -0.05) is 23.3 Å². The molecule has 1 saturated heterocycles. The van der Waals surface area contributed by atoms with Gasteiger partial charge in [-0.05, 0) is 35.8 Å². The molecule has 24 heavy (non-hydrogen) atoms. The number of para-hydroxylation sites is 1. The van der Waals surface area contributed by atoms with Crippen molar-refractivity contribution < 1.29 is 9.53 Å². The number of hydrogen-bond acceptors (Lipinski definition) is 6. The molecule has 8 heteroatoms. The van der Waals surface area contributed by atoms with Crippen LogP contribution in [-0.2, 0) is 6.42 Å². The second kappa shape index (κ2) is 6.27. The van der Waals surface area contributed by atoms with Crippen LogP contribution in [0.1, 0.15) is 12.0 Å². The van der Waals surface area contributed by atoms with Gasteiger partial charge in [0.2, 0.25) is 5.13 Å². The summed E-state index contributed by atoms with van der Waals surface area (Å²) >= 11 is 1.23. The molecule has 0 saturated carbocycles. The smallest absolute Gasteiger partial charge is 0.323 e. The summed E-state index contributed by atoms with van der Waals surface area (Å²) in [6.07, 6.45) is 1.95. The number of rotatable bonds is 2. The number of aromatic nitrogens is 2. The molecule has 1 aromatic carbocycles. The van der Waals surface area contributed by atoms with E-state index in [0.29, 0.717) is 16.4 Å². The first-order valence-electron chi connectivity index (χ1n) is 8.02. The number of amides is 2. The molecular weight excluding hydrogens is 326 g/mol. The predicted octanol–water partition coefficient (Wildman–Crippen LogP) is 2.22. The van der Waals surface area contributed by atoms with Crippen LogP contribution < -0.4 is 15.0 Å². The molecule has 2 aromatic rings. The van der Waals surface area contributed by atoms with E-state index in [2.05, 4.69) is 44.7 Å². The molecule has 1 aromatic heterocycles. The van der Waals surface area contributed by atoms with Gasteiger partial charge >= 0.3 is 6.03 Å². The Labute approximate surface area is 144 Å². The second-order valence-corrected chi connectivity index (χ2v) is 6.93. The summed E-state index contributed by atoms with van der Waals surface area (Å²) in [5.74, 6) is 0. The minimum Gasteiger partial charge on any atom is -0.472 e. The Balaban J connectivity index is 1.45. The Kier molecular flexibility index (Phi) is 3.97. The van der Waals surface area contributed by atoms with Gasteiger partial charge in [0.1, 0.15) is 0 Å². The van der Waals surface area contributed by atoms with E-state index >= 15 is 0 Å². The van der Waals surface area contributed by atoms with E-state index in [1.807, 2.05) is 4.90 Å². The van der Waals surface area contributed by atoms with Crippen molar-refractivity contribution in [1.29, 1.82) is 0 Å². The van der Waals surface area contributed by atoms with Crippen LogP contribution in [0.25, 0.3) is 0 Å². The largest absolute Gasteiger partial charge is 0.472 e. The molecule has 0 radical (unpaired) electrons. The number of fused-ring (bicyclic) bond motifs is 3. The van der Waals surface area contributed by atoms with Crippen LogP contribution in [0.3, 0.4) is 0 Å². The van der Waals surface area contributed by atoms with Crippen molar-refractivity contribution >= 4 is 28.2 Å². The average Bonchev–Trinajstić information content (AvgIpc) is 3.12. The molecule has 1 atom stereocenters. The van der Waals surface area contributed by atoms with Crippen molar-refractivity contribution in [3.8, 4) is 5.19 Å². The fourth-order valence-corrected chi connectivity index (χ4v) is 4.02. The van der Waals surface area contributed by atoms with Gasteiger partial charge in [0.25, 0.3) is 5.19 Å². The lowest BCUT2D eigenvalue weighted by atomic mass is 10.1. The molecule has 0 bridgehead atoms. The predicted molar refractivity (Wildman–Crippen MR) is 92.9 cm³/mol. The molecule has 2 aliphatic rings. The first-order chi connectivity index (χ1) is 11.7. The summed E-state index contributed by atoms with van der Waals surface area (Å²) in [5.41, 5.74) is 2.69. The van der Waals surface area contributed by atoms with Crippen molar-refractivity contribution in [2.45, 2.75) is 18.9 Å². The molecule has 0 aliphatic carbocycles. The summed E-state index contributed by atoms with van der Waals surface area (Å²) in [4.78, 5) is 16.9. The van der Waals surface area contributed by atoms with Gasteiger partial charge in [-0.3, -0.25) is 5.32 Å². The topological polar surface area (TPSA) is 70.6 Å². The summed E-state index contributed by atoms with van der Waals surface area (Å²) in [6.45, 7) is 2.45. The number of nitrogens with zero attached hydrogens (tertiary/aromatic N) is 4. The Morgan fingerprint density at radius 3 is 3.04 bits per heavy atom. The zero-order valence-corrected chi connectivity index (χ0v) is 14.3. The van der Waals surface area contributed by atoms with Gasteiger partial charge in [0.05, 0.1) is 13.2 Å². The van der Waals surface area contributed by atoms with E-state index in [1.54, 1.807) is 0 Å². The number of carbonyl (C=O) groups excluding carboxylic acids is 1. The Hall–Kier alpha value is -2.35. The summed E-state index contributed by atoms with van der Waals surface area (Å²) in [6, 6.07) is 8.75. The van der Waals surface area contributed by atoms with E-state index < -0.39 is 0 Å². The van der Waals surface area contributed by atoms with Gasteiger partial charge in [0.15, 0.2) is 0 Å². The lowest BCUT2D eigenvalue weighted by molar-refractivity contribution is 0.211. The zero-order chi connectivity index (χ0) is 16.5. The molecule has 2 aliphatic heterocycles. The Morgan fingerprint density at radius 1 is 1.33 bits per heavy atom. The van der Waals surface area contributed by atoms with E-state index in [4.69, 9.17) is 4.74 Å². The maximum absolute atomic E-state index is 12.6. The van der Waals surface area contributed by atoms with Gasteiger partial charge in [-0.15, -0.1) is 5.10 Å². The first kappa shape index (κ1) is 15.2. The van der Waals surface area contributed by atoms with E-state index in [1.165, 1.54) is 29.7 Å². The number of benzene rings is 1. The molecule has 126 valence electrons. The van der Waals surface area contributed by atoms with E-state index in [0.717, 1.165) is 32.5 Å². The summed E-state index contributed by atoms with van der Waals surface area (Å²) in [5, 5.41) is 11.5. The first-order valence-corrected chi connectivity index (χ1v) is 8.84. The summed E-state index contributed by atoms with van der Waals surface area (Å²) in [7, 11) is 1.53. The minimum absolute atomic E-state index is 0.119. The minimum atomic E-state index is -0.119. The molecule has 3 heterocycles. The number of methoxy groups -OCH3 is 1. The lowest BCUT2D eigenvalue weighted by Crippen LogP contribution is -2.43. The highest BCUT2D eigenvalue weighted by molar-refractivity contribution is 7.17. The monoisotopic (exact) mass is 345 g/mol. The van der Waals surface area contributed by atoms with Crippen LogP contribution in [-0.4, -0.2) is 53.9 Å². The van der Waals surface area contributed by atoms with Crippen LogP contribution in [0.2, 0.25) is 0 Å². The van der Waals surface area contributed by atoms with Gasteiger partial charge in [-0.2, -0.15) is 0 Å². The molecule has 7 nitrogen and oxygen atoms in total. The van der Waals surface area contributed by atoms with Crippen molar-refractivity contribution in [1.82, 2.24) is 15.1 Å². The lowest BCUT2D eigenvalue weighted by Gasteiger charge is -2.27. The number of urea groups is 1. The van der Waals surface area contributed by atoms with Gasteiger partial charge < -0.3 is 14.5 Å². The van der Waals surface area contributed by atoms with Crippen LogP contribution in [0.5, 0.6) is 5.19 Å². The number of hydrogen-bond donors (Lipinski definition) is 1. The van der Waals surface area contributed by atoms with Gasteiger partial charge in [-0.25, -0.2) is 4.79 Å². The van der Waals surface area contributed by atoms with Crippen molar-refractivity contribution in [3.63, 3.8) is 0 Å². The third-order valence-electron chi connectivity index (χ3n) is 4.54. The van der Waals surface area contributed by atoms with Crippen LogP contribution >= 0.6 is 11.3 Å². The molecule has 1 N–H and O–H groups in total. The molecular formula is C16H19N5O2S. The van der Waals surface area contributed by atoms with Crippen molar-refractivity contribution in [2.24, 2.45) is 0 Å². The molecule has 2 amide bonds. The highest BCUT2D eigenvalue weighted by Crippen LogP contribution is 2.33. The van der Waals surface area contributed by atoms with Crippen LogP contribution in [0, 0.1) is 0 Å². The zero-order valence-electron chi connectivity index (χ0n) is 13.4. The fraction of sp³-hybridized carbons (Fsp3) is 0.438. The Morgan fingerprint density at radius 2 is 2.21 bits per heavy atom. The number of carbonyl (C=O) groups is 1. The van der Waals surface area contributed by atoms with E-state index in [-0.39, 0.29) is 6.03 Å². The fourth-order valence-electron chi connectivity index (χ4n) is 3.47. The Bertz CT molecular complexity index is 750. The molecule has 0 unspecified atom stereocenters. The van der Waals surface area contributed by atoms with Gasteiger partial charge in [0, 0.05) is 25.3 Å². The van der Waals surface area contributed by atoms with Crippen molar-refractivity contribution in [2.75, 3.05) is 37.0 Å². The third kappa shape index (κ3) is 2.77. The standard InChI is InChI=1S/C16H19N5O2S/c1-23-16-19-18-14(24-16)17-15(22)20-7-4-8-21-12(10-20)9-11-5-2-3-6-13(11)21/h2-3,5-6,12H,4,7-10H2,1H3,(H,17,18,22)/t12-/m1/s1. The van der Waals surface area contributed by atoms with Crippen molar-refractivity contribution in [3.05, 3.63) is 29.8 Å². The van der Waals surface area contributed by atoms with Crippen LogP contribution in [0.15, 0.2) is 24.3 Å². The maximum atomic E-state index is 12.6. The highest BCUT2D eigenvalue weighted by atomic mass is 32.1. The molecule has 0 spiro atoms. The quantitative estimate of drug-likeness (QED) is 0.904. The number of ether oxygens (including phenoxy) is 1. The molecule has 1 fully saturated rings. The second-order valence-electron chi connectivity index (χ2n) is 5.99. The molecule has 4 rings (SSSR count). The third-order valence-corrected chi connectivity index (χ3v) is 5.34. The normalized spacial score (nSPS) is 19.5. The van der Waals surface area contributed by atoms with E-state index in [9.17, 15) is 4.79 Å². The SMILES string of the molecule is COc1nnc(NC(=O)N2CCCN3c4ccccc4C[C@@H]3C2)s1. The number of nitrogens with one attached hydrogen (secondary N) is 1. The average molecular weight is 345 g/mol. The highest BCUT2D eigenvalue weighted by Gasteiger charge is 2.33. The number of anilines is 2. The van der Waals surface area contributed by atoms with Crippen LogP contribution in [0.4, 0.5) is 15.6 Å². The summed E-state index contributed by atoms with van der Waals surface area (Å²) < 4.78 is 5.01. The maximum Gasteiger partial charge on any atom is 0.323 e.